The van der Waals surface area contributed by atoms with Crippen LogP contribution in [0.1, 0.15) is 37.8 Å². The molecular weight excluding hydrogens is 487 g/mol. The molecule has 8 heteroatoms. The fourth-order valence-corrected chi connectivity index (χ4v) is 4.81. The van der Waals surface area contributed by atoms with E-state index >= 15 is 0 Å². The first-order valence-corrected chi connectivity index (χ1v) is 11.6. The predicted molar refractivity (Wildman–Crippen MR) is 126 cm³/mol. The molecule has 1 fully saturated rings. The Balaban J connectivity index is 1.68. The Bertz CT molecular complexity index is 960. The lowest BCUT2D eigenvalue weighted by Crippen LogP contribution is -2.48. The molecule has 0 aliphatic carbocycles. The van der Waals surface area contributed by atoms with Gasteiger partial charge in [0, 0.05) is 28.5 Å². The smallest absolute Gasteiger partial charge is 0.282 e. The molecular formula is C22H23BrCl2N4O. The number of benzene rings is 2. The molecule has 0 spiro atoms. The van der Waals surface area contributed by atoms with E-state index in [1.54, 1.807) is 12.1 Å². The molecule has 5 nitrogen and oxygen atoms in total. The van der Waals surface area contributed by atoms with Crippen LogP contribution in [-0.2, 0) is 4.79 Å². The van der Waals surface area contributed by atoms with E-state index < -0.39 is 0 Å². The van der Waals surface area contributed by atoms with Gasteiger partial charge in [-0.15, -0.1) is 0 Å². The Morgan fingerprint density at radius 1 is 1.10 bits per heavy atom. The van der Waals surface area contributed by atoms with E-state index in [1.807, 2.05) is 47.3 Å². The van der Waals surface area contributed by atoms with Crippen LogP contribution in [0.4, 0.5) is 5.69 Å². The summed E-state index contributed by atoms with van der Waals surface area (Å²) in [4.78, 5) is 13.1. The number of hydrogen-bond donors (Lipinski definition) is 1. The molecule has 158 valence electrons. The van der Waals surface area contributed by atoms with Crippen molar-refractivity contribution in [2.45, 2.75) is 32.2 Å². The van der Waals surface area contributed by atoms with Crippen molar-refractivity contribution in [3.8, 4) is 0 Å². The van der Waals surface area contributed by atoms with E-state index in [2.05, 4.69) is 21.4 Å². The van der Waals surface area contributed by atoms with Crippen LogP contribution < -0.4 is 10.4 Å². The topological polar surface area (TPSA) is 47.9 Å². The lowest BCUT2D eigenvalue weighted by molar-refractivity contribution is -0.120. The van der Waals surface area contributed by atoms with E-state index in [0.29, 0.717) is 15.8 Å². The van der Waals surface area contributed by atoms with Gasteiger partial charge in [0.05, 0.1) is 16.8 Å². The SMILES string of the molecule is C[C@H]1C(C(=O)NN2CCCCC2)=NN(c2ccc(Cl)cc2Cl)[C@@H]1c1ccc(Br)cc1. The number of nitrogens with zero attached hydrogens (tertiary/aromatic N) is 3. The van der Waals surface area contributed by atoms with Gasteiger partial charge in [-0.2, -0.15) is 5.10 Å². The number of rotatable bonds is 4. The first kappa shape index (κ1) is 21.6. The molecule has 30 heavy (non-hydrogen) atoms. The Labute approximate surface area is 195 Å². The number of hydrazine groups is 1. The van der Waals surface area contributed by atoms with Crippen LogP contribution in [0.15, 0.2) is 52.0 Å². The molecule has 2 aromatic carbocycles. The third kappa shape index (κ3) is 4.52. The molecule has 0 unspecified atom stereocenters. The number of hydrogen-bond acceptors (Lipinski definition) is 4. The Hall–Kier alpha value is -1.60. The maximum Gasteiger partial charge on any atom is 0.282 e. The molecule has 2 heterocycles. The van der Waals surface area contributed by atoms with Crippen LogP contribution in [0.25, 0.3) is 0 Å². The average molecular weight is 510 g/mol. The van der Waals surface area contributed by atoms with Crippen molar-refractivity contribution in [2.24, 2.45) is 11.0 Å². The summed E-state index contributed by atoms with van der Waals surface area (Å²) in [6.07, 6.45) is 3.39. The first-order chi connectivity index (χ1) is 14.4. The number of halogens is 3. The number of carbonyl (C=O) groups is 1. The van der Waals surface area contributed by atoms with Gasteiger partial charge >= 0.3 is 0 Å². The zero-order chi connectivity index (χ0) is 21.3. The van der Waals surface area contributed by atoms with E-state index in [1.165, 1.54) is 6.42 Å². The molecule has 0 radical (unpaired) electrons. The lowest BCUT2D eigenvalue weighted by atomic mass is 9.91. The molecule has 1 saturated heterocycles. The number of anilines is 1. The summed E-state index contributed by atoms with van der Waals surface area (Å²) in [5.74, 6) is -0.276. The summed E-state index contributed by atoms with van der Waals surface area (Å²) < 4.78 is 0.997. The van der Waals surface area contributed by atoms with Gasteiger partial charge in [0.2, 0.25) is 0 Å². The van der Waals surface area contributed by atoms with Crippen LogP contribution in [-0.4, -0.2) is 29.7 Å². The van der Waals surface area contributed by atoms with Crippen molar-refractivity contribution >= 4 is 56.4 Å². The second-order valence-electron chi connectivity index (χ2n) is 7.70. The number of hydrazone groups is 1. The predicted octanol–water partition coefficient (Wildman–Crippen LogP) is 5.83. The van der Waals surface area contributed by atoms with Crippen LogP contribution in [0.5, 0.6) is 0 Å². The molecule has 0 bridgehead atoms. The normalized spacial score (nSPS) is 22.1. The zero-order valence-corrected chi connectivity index (χ0v) is 19.7. The molecule has 1 amide bonds. The van der Waals surface area contributed by atoms with Crippen molar-refractivity contribution in [3.63, 3.8) is 0 Å². The van der Waals surface area contributed by atoms with Gasteiger partial charge in [-0.05, 0) is 48.7 Å². The standard InChI is InChI=1S/C22H23BrCl2N4O/c1-14-20(22(30)27-28-11-3-2-4-12-28)26-29(19-10-9-17(24)13-18(19)25)21(14)15-5-7-16(23)8-6-15/h5-10,13-14,21H,2-4,11-12H2,1H3,(H,27,30)/t14-,21-/m0/s1. The summed E-state index contributed by atoms with van der Waals surface area (Å²) in [6.45, 7) is 3.78. The minimum Gasteiger partial charge on any atom is -0.284 e. The maximum atomic E-state index is 13.1. The molecule has 2 aliphatic rings. The second kappa shape index (κ2) is 9.27. The van der Waals surface area contributed by atoms with Crippen molar-refractivity contribution < 1.29 is 4.79 Å². The lowest BCUT2D eigenvalue weighted by Gasteiger charge is -2.28. The number of carbonyl (C=O) groups excluding carboxylic acids is 1. The molecule has 2 atom stereocenters. The van der Waals surface area contributed by atoms with Gasteiger partial charge < -0.3 is 0 Å². The number of piperidine rings is 1. The highest BCUT2D eigenvalue weighted by molar-refractivity contribution is 9.10. The van der Waals surface area contributed by atoms with Crippen molar-refractivity contribution in [3.05, 3.63) is 62.5 Å². The first-order valence-electron chi connectivity index (χ1n) is 10.1. The van der Waals surface area contributed by atoms with Gasteiger partial charge in [-0.25, -0.2) is 5.01 Å². The summed E-state index contributed by atoms with van der Waals surface area (Å²) in [6, 6.07) is 13.3. The van der Waals surface area contributed by atoms with E-state index in [-0.39, 0.29) is 17.9 Å². The van der Waals surface area contributed by atoms with Gasteiger partial charge in [0.25, 0.3) is 5.91 Å². The van der Waals surface area contributed by atoms with Crippen LogP contribution in [0.3, 0.4) is 0 Å². The summed E-state index contributed by atoms with van der Waals surface area (Å²) in [7, 11) is 0. The average Bonchev–Trinajstić information content (AvgIpc) is 3.06. The highest BCUT2D eigenvalue weighted by Crippen LogP contribution is 2.42. The van der Waals surface area contributed by atoms with Crippen LogP contribution >= 0.6 is 39.1 Å². The highest BCUT2D eigenvalue weighted by Gasteiger charge is 2.40. The summed E-state index contributed by atoms with van der Waals surface area (Å²) in [5, 5.41) is 9.64. The molecule has 4 rings (SSSR count). The van der Waals surface area contributed by atoms with E-state index in [9.17, 15) is 4.79 Å². The van der Waals surface area contributed by atoms with Gasteiger partial charge in [0.1, 0.15) is 5.71 Å². The van der Waals surface area contributed by atoms with Crippen LogP contribution in [0.2, 0.25) is 10.0 Å². The third-order valence-electron chi connectivity index (χ3n) is 5.60. The highest BCUT2D eigenvalue weighted by atomic mass is 79.9. The monoisotopic (exact) mass is 508 g/mol. The second-order valence-corrected chi connectivity index (χ2v) is 9.46. The largest absolute Gasteiger partial charge is 0.284 e. The molecule has 2 aromatic rings. The zero-order valence-electron chi connectivity index (χ0n) is 16.6. The number of nitrogens with one attached hydrogen (secondary N) is 1. The number of amides is 1. The third-order valence-corrected chi connectivity index (χ3v) is 6.67. The minimum atomic E-state index is -0.154. The van der Waals surface area contributed by atoms with Crippen LogP contribution in [0, 0.1) is 5.92 Å². The Morgan fingerprint density at radius 3 is 2.47 bits per heavy atom. The van der Waals surface area contributed by atoms with Crippen molar-refractivity contribution in [1.82, 2.24) is 10.4 Å². The Morgan fingerprint density at radius 2 is 1.80 bits per heavy atom. The summed E-state index contributed by atoms with van der Waals surface area (Å²) in [5.41, 5.74) is 5.32. The van der Waals surface area contributed by atoms with Crippen molar-refractivity contribution in [1.29, 1.82) is 0 Å². The Kier molecular flexibility index (Phi) is 6.68. The molecule has 0 saturated carbocycles. The molecule has 1 N–H and O–H groups in total. The van der Waals surface area contributed by atoms with Gasteiger partial charge in [-0.1, -0.05) is 64.6 Å². The van der Waals surface area contributed by atoms with E-state index in [0.717, 1.165) is 41.7 Å². The van der Waals surface area contributed by atoms with Crippen molar-refractivity contribution in [2.75, 3.05) is 18.1 Å². The van der Waals surface area contributed by atoms with Gasteiger partial charge in [-0.3, -0.25) is 15.2 Å². The van der Waals surface area contributed by atoms with E-state index in [4.69, 9.17) is 28.3 Å². The molecule has 2 aliphatic heterocycles. The quantitative estimate of drug-likeness (QED) is 0.564. The fourth-order valence-electron chi connectivity index (χ4n) is 4.05. The maximum absolute atomic E-state index is 13.1. The molecule has 0 aromatic heterocycles. The van der Waals surface area contributed by atoms with Gasteiger partial charge in [0.15, 0.2) is 0 Å². The summed E-state index contributed by atoms with van der Waals surface area (Å²) >= 11 is 16.1. The minimum absolute atomic E-state index is 0.122. The fraction of sp³-hybridized carbons (Fsp3) is 0.364.